The molecular weight excluding hydrogens is 314 g/mol. The van der Waals surface area contributed by atoms with Crippen LogP contribution in [0.5, 0.6) is 0 Å². The monoisotopic (exact) mass is 333 g/mol. The number of benzene rings is 1. The molecule has 1 aromatic heterocycles. The maximum absolute atomic E-state index is 12.6. The normalized spacial score (nSPS) is 18.2. The predicted molar refractivity (Wildman–Crippen MR) is 87.6 cm³/mol. The average Bonchev–Trinajstić information content (AvgIpc) is 3.04. The second-order valence-electron chi connectivity index (χ2n) is 5.90. The molecule has 1 saturated heterocycles. The Hall–Kier alpha value is -1.88. The lowest BCUT2D eigenvalue weighted by Gasteiger charge is -2.31. The van der Waals surface area contributed by atoms with Gasteiger partial charge in [0.05, 0.1) is 5.92 Å². The summed E-state index contributed by atoms with van der Waals surface area (Å²) in [6, 6.07) is 7.01. The van der Waals surface area contributed by atoms with Gasteiger partial charge < -0.3 is 9.42 Å². The SMILES string of the molecule is CCCc1noc([C@@H]2CCCN(C(=O)c3ccc(Cl)cc3)C2)n1. The standard InChI is InChI=1S/C17H20ClN3O2/c1-2-4-15-19-16(23-20-15)13-5-3-10-21(11-13)17(22)12-6-8-14(18)9-7-12/h6-9,13H,2-5,10-11H2,1H3/t13-/m1/s1. The van der Waals surface area contributed by atoms with Crippen LogP contribution < -0.4 is 0 Å². The third kappa shape index (κ3) is 3.72. The highest BCUT2D eigenvalue weighted by Crippen LogP contribution is 2.27. The van der Waals surface area contributed by atoms with E-state index in [1.54, 1.807) is 24.3 Å². The molecule has 0 spiro atoms. The molecule has 2 heterocycles. The van der Waals surface area contributed by atoms with Crippen molar-refractivity contribution in [2.75, 3.05) is 13.1 Å². The Labute approximate surface area is 140 Å². The van der Waals surface area contributed by atoms with Gasteiger partial charge in [-0.3, -0.25) is 4.79 Å². The molecule has 1 atom stereocenters. The number of amides is 1. The number of rotatable bonds is 4. The Balaban J connectivity index is 1.69. The first-order valence-electron chi connectivity index (χ1n) is 8.04. The van der Waals surface area contributed by atoms with Crippen LogP contribution in [0.2, 0.25) is 5.02 Å². The molecule has 23 heavy (non-hydrogen) atoms. The minimum Gasteiger partial charge on any atom is -0.339 e. The van der Waals surface area contributed by atoms with E-state index in [1.807, 2.05) is 4.90 Å². The fraction of sp³-hybridized carbons (Fsp3) is 0.471. The summed E-state index contributed by atoms with van der Waals surface area (Å²) in [6.07, 6.45) is 3.72. The Morgan fingerprint density at radius 2 is 2.17 bits per heavy atom. The largest absolute Gasteiger partial charge is 0.339 e. The van der Waals surface area contributed by atoms with Crippen molar-refractivity contribution >= 4 is 17.5 Å². The number of hydrogen-bond acceptors (Lipinski definition) is 4. The molecule has 0 N–H and O–H groups in total. The van der Waals surface area contributed by atoms with E-state index in [9.17, 15) is 4.79 Å². The number of aryl methyl sites for hydroxylation is 1. The van der Waals surface area contributed by atoms with E-state index < -0.39 is 0 Å². The van der Waals surface area contributed by atoms with Crippen LogP contribution in [0.15, 0.2) is 28.8 Å². The van der Waals surface area contributed by atoms with Crippen LogP contribution >= 0.6 is 11.6 Å². The quantitative estimate of drug-likeness (QED) is 0.856. The van der Waals surface area contributed by atoms with E-state index in [1.165, 1.54) is 0 Å². The van der Waals surface area contributed by atoms with Crippen molar-refractivity contribution in [3.8, 4) is 0 Å². The van der Waals surface area contributed by atoms with Crippen molar-refractivity contribution < 1.29 is 9.32 Å². The van der Waals surface area contributed by atoms with E-state index in [2.05, 4.69) is 17.1 Å². The molecule has 1 aromatic carbocycles. The van der Waals surface area contributed by atoms with Crippen molar-refractivity contribution in [2.45, 2.75) is 38.5 Å². The summed E-state index contributed by atoms with van der Waals surface area (Å²) in [4.78, 5) is 18.9. The van der Waals surface area contributed by atoms with Gasteiger partial charge in [-0.2, -0.15) is 4.98 Å². The molecule has 6 heteroatoms. The van der Waals surface area contributed by atoms with Gasteiger partial charge in [0.1, 0.15) is 0 Å². The van der Waals surface area contributed by atoms with Crippen LogP contribution in [0.25, 0.3) is 0 Å². The molecule has 1 aliphatic heterocycles. The maximum Gasteiger partial charge on any atom is 0.253 e. The molecule has 0 bridgehead atoms. The summed E-state index contributed by atoms with van der Waals surface area (Å²) < 4.78 is 5.39. The predicted octanol–water partition coefficient (Wildman–Crippen LogP) is 3.70. The van der Waals surface area contributed by atoms with Crippen LogP contribution in [0, 0.1) is 0 Å². The molecular formula is C17H20ClN3O2. The third-order valence-corrected chi connectivity index (χ3v) is 4.36. The van der Waals surface area contributed by atoms with Gasteiger partial charge in [0.25, 0.3) is 5.91 Å². The second-order valence-corrected chi connectivity index (χ2v) is 6.33. The van der Waals surface area contributed by atoms with Crippen LogP contribution in [0.4, 0.5) is 0 Å². The van der Waals surface area contributed by atoms with Gasteiger partial charge >= 0.3 is 0 Å². The summed E-state index contributed by atoms with van der Waals surface area (Å²) in [6.45, 7) is 3.46. The fourth-order valence-electron chi connectivity index (χ4n) is 2.90. The van der Waals surface area contributed by atoms with Gasteiger partial charge in [0, 0.05) is 30.1 Å². The second kappa shape index (κ2) is 7.13. The summed E-state index contributed by atoms with van der Waals surface area (Å²) in [7, 11) is 0. The number of carbonyl (C=O) groups excluding carboxylic acids is 1. The maximum atomic E-state index is 12.6. The zero-order chi connectivity index (χ0) is 16.2. The van der Waals surface area contributed by atoms with Crippen molar-refractivity contribution in [3.63, 3.8) is 0 Å². The number of carbonyl (C=O) groups is 1. The van der Waals surface area contributed by atoms with Crippen molar-refractivity contribution in [2.24, 2.45) is 0 Å². The van der Waals surface area contributed by atoms with E-state index in [-0.39, 0.29) is 11.8 Å². The van der Waals surface area contributed by atoms with E-state index in [4.69, 9.17) is 16.1 Å². The number of aromatic nitrogens is 2. The van der Waals surface area contributed by atoms with Gasteiger partial charge in [-0.05, 0) is 43.5 Å². The minimum atomic E-state index is 0.0275. The highest BCUT2D eigenvalue weighted by Gasteiger charge is 2.28. The average molecular weight is 334 g/mol. The first-order valence-corrected chi connectivity index (χ1v) is 8.42. The zero-order valence-electron chi connectivity index (χ0n) is 13.2. The molecule has 0 radical (unpaired) electrons. The van der Waals surface area contributed by atoms with Crippen LogP contribution in [0.3, 0.4) is 0 Å². The lowest BCUT2D eigenvalue weighted by molar-refractivity contribution is 0.0695. The van der Waals surface area contributed by atoms with Crippen LogP contribution in [-0.2, 0) is 6.42 Å². The van der Waals surface area contributed by atoms with E-state index >= 15 is 0 Å². The molecule has 5 nitrogen and oxygen atoms in total. The number of likely N-dealkylation sites (tertiary alicyclic amines) is 1. The molecule has 0 aliphatic carbocycles. The van der Waals surface area contributed by atoms with Crippen molar-refractivity contribution in [1.82, 2.24) is 15.0 Å². The molecule has 1 aliphatic rings. The molecule has 0 saturated carbocycles. The number of halogens is 1. The Bertz CT molecular complexity index is 669. The van der Waals surface area contributed by atoms with Crippen molar-refractivity contribution in [3.05, 3.63) is 46.6 Å². The highest BCUT2D eigenvalue weighted by atomic mass is 35.5. The number of piperidine rings is 1. The first-order chi connectivity index (χ1) is 11.2. The molecule has 1 amide bonds. The zero-order valence-corrected chi connectivity index (χ0v) is 13.9. The van der Waals surface area contributed by atoms with Gasteiger partial charge in [0.2, 0.25) is 5.89 Å². The summed E-state index contributed by atoms with van der Waals surface area (Å²) in [5, 5.41) is 4.65. The first kappa shape index (κ1) is 16.0. The van der Waals surface area contributed by atoms with E-state index in [0.717, 1.165) is 38.1 Å². The number of nitrogens with zero attached hydrogens (tertiary/aromatic N) is 3. The van der Waals surface area contributed by atoms with Gasteiger partial charge in [0.15, 0.2) is 5.82 Å². The molecule has 122 valence electrons. The van der Waals surface area contributed by atoms with Gasteiger partial charge in [-0.15, -0.1) is 0 Å². The topological polar surface area (TPSA) is 59.2 Å². The fourth-order valence-corrected chi connectivity index (χ4v) is 3.02. The smallest absolute Gasteiger partial charge is 0.253 e. The van der Waals surface area contributed by atoms with E-state index in [0.29, 0.717) is 23.0 Å². The Morgan fingerprint density at radius 3 is 2.91 bits per heavy atom. The Kier molecular flexibility index (Phi) is 4.96. The molecule has 2 aromatic rings. The number of hydrogen-bond donors (Lipinski definition) is 0. The summed E-state index contributed by atoms with van der Waals surface area (Å²) in [5.41, 5.74) is 0.659. The van der Waals surface area contributed by atoms with Crippen molar-refractivity contribution in [1.29, 1.82) is 0 Å². The van der Waals surface area contributed by atoms with Gasteiger partial charge in [-0.1, -0.05) is 23.7 Å². The molecule has 1 fully saturated rings. The Morgan fingerprint density at radius 1 is 1.39 bits per heavy atom. The molecule has 0 unspecified atom stereocenters. The lowest BCUT2D eigenvalue weighted by atomic mass is 9.97. The summed E-state index contributed by atoms with van der Waals surface area (Å²) in [5.74, 6) is 1.56. The van der Waals surface area contributed by atoms with Crippen LogP contribution in [0.1, 0.15) is 54.2 Å². The minimum absolute atomic E-state index is 0.0275. The van der Waals surface area contributed by atoms with Crippen LogP contribution in [-0.4, -0.2) is 34.0 Å². The third-order valence-electron chi connectivity index (χ3n) is 4.11. The summed E-state index contributed by atoms with van der Waals surface area (Å²) >= 11 is 5.88. The van der Waals surface area contributed by atoms with Gasteiger partial charge in [-0.25, -0.2) is 0 Å². The lowest BCUT2D eigenvalue weighted by Crippen LogP contribution is -2.39. The highest BCUT2D eigenvalue weighted by molar-refractivity contribution is 6.30. The molecule has 3 rings (SSSR count).